The maximum atomic E-state index is 12.4. The Bertz CT molecular complexity index is 894. The van der Waals surface area contributed by atoms with Gasteiger partial charge in [0, 0.05) is 6.54 Å². The Balaban J connectivity index is 1.68. The van der Waals surface area contributed by atoms with E-state index in [0.29, 0.717) is 11.7 Å². The van der Waals surface area contributed by atoms with Gasteiger partial charge in [0.15, 0.2) is 0 Å². The van der Waals surface area contributed by atoms with Crippen LogP contribution in [0.4, 0.5) is 0 Å². The number of carbonyl (C=O) groups is 1. The summed E-state index contributed by atoms with van der Waals surface area (Å²) in [6.45, 7) is 6.45. The molecule has 0 aliphatic carbocycles. The zero-order valence-corrected chi connectivity index (χ0v) is 15.8. The molecule has 0 saturated heterocycles. The Labute approximate surface area is 157 Å². The number of hydrogen-bond acceptors (Lipinski definition) is 5. The van der Waals surface area contributed by atoms with Gasteiger partial charge in [0.25, 0.3) is 0 Å². The van der Waals surface area contributed by atoms with Crippen molar-refractivity contribution in [3.05, 3.63) is 65.2 Å². The Kier molecular flexibility index (Phi) is 5.68. The van der Waals surface area contributed by atoms with E-state index in [2.05, 4.69) is 33.8 Å². The first-order chi connectivity index (χ1) is 12.6. The van der Waals surface area contributed by atoms with Gasteiger partial charge in [-0.1, -0.05) is 54.2 Å². The van der Waals surface area contributed by atoms with E-state index in [1.165, 1.54) is 17.3 Å². The lowest BCUT2D eigenvalue weighted by atomic mass is 10.1. The van der Waals surface area contributed by atoms with Gasteiger partial charge in [-0.15, -0.1) is 5.10 Å². The molecular weight excluding hydrogens is 346 g/mol. The highest BCUT2D eigenvalue weighted by molar-refractivity contribution is 8.00. The second kappa shape index (κ2) is 8.14. The van der Waals surface area contributed by atoms with Crippen LogP contribution in [0.1, 0.15) is 23.6 Å². The monoisotopic (exact) mass is 367 g/mol. The van der Waals surface area contributed by atoms with Crippen LogP contribution < -0.4 is 5.32 Å². The molecule has 2 aromatic carbocycles. The van der Waals surface area contributed by atoms with E-state index in [9.17, 15) is 4.79 Å². The standard InChI is InChI=1S/C19H21N5OS/c1-13-8-7-11-17(14(13)2)24-19(21-22-23-24)26-15(3)18(25)20-12-16-9-5-4-6-10-16/h4-11,15H,12H2,1-3H3,(H,20,25)/t15-/m1/s1. The fourth-order valence-corrected chi connectivity index (χ4v) is 3.33. The van der Waals surface area contributed by atoms with Crippen molar-refractivity contribution in [1.29, 1.82) is 0 Å². The second-order valence-corrected chi connectivity index (χ2v) is 7.36. The predicted molar refractivity (Wildman–Crippen MR) is 102 cm³/mol. The van der Waals surface area contributed by atoms with E-state index >= 15 is 0 Å². The number of carbonyl (C=O) groups excluding carboxylic acids is 1. The summed E-state index contributed by atoms with van der Waals surface area (Å²) >= 11 is 1.34. The average Bonchev–Trinajstić information content (AvgIpc) is 3.10. The molecule has 1 aromatic heterocycles. The van der Waals surface area contributed by atoms with E-state index in [-0.39, 0.29) is 11.2 Å². The third kappa shape index (κ3) is 4.11. The lowest BCUT2D eigenvalue weighted by Crippen LogP contribution is -2.30. The minimum absolute atomic E-state index is 0.0469. The van der Waals surface area contributed by atoms with E-state index in [0.717, 1.165) is 16.8 Å². The number of tetrazole rings is 1. The number of amides is 1. The van der Waals surface area contributed by atoms with Gasteiger partial charge in [0.1, 0.15) is 0 Å². The molecule has 0 aliphatic rings. The molecule has 1 amide bonds. The molecule has 0 bridgehead atoms. The largest absolute Gasteiger partial charge is 0.351 e. The van der Waals surface area contributed by atoms with E-state index in [1.807, 2.05) is 56.3 Å². The zero-order valence-electron chi connectivity index (χ0n) is 15.0. The summed E-state index contributed by atoms with van der Waals surface area (Å²) in [5.74, 6) is -0.0469. The topological polar surface area (TPSA) is 72.7 Å². The Hall–Kier alpha value is -2.67. The van der Waals surface area contributed by atoms with Gasteiger partial charge >= 0.3 is 0 Å². The van der Waals surface area contributed by atoms with Crippen molar-refractivity contribution in [3.63, 3.8) is 0 Å². The third-order valence-corrected chi connectivity index (χ3v) is 5.24. The molecule has 0 saturated carbocycles. The number of benzene rings is 2. The number of nitrogens with zero attached hydrogens (tertiary/aromatic N) is 4. The number of thioether (sulfide) groups is 1. The highest BCUT2D eigenvalue weighted by Gasteiger charge is 2.19. The van der Waals surface area contributed by atoms with Crippen molar-refractivity contribution in [2.45, 2.75) is 37.7 Å². The predicted octanol–water partition coefficient (Wildman–Crippen LogP) is 3.08. The molecule has 134 valence electrons. The first-order valence-corrected chi connectivity index (χ1v) is 9.27. The van der Waals surface area contributed by atoms with Crippen molar-refractivity contribution in [3.8, 4) is 5.69 Å². The van der Waals surface area contributed by atoms with Crippen LogP contribution in [0.25, 0.3) is 5.69 Å². The molecule has 0 spiro atoms. The van der Waals surface area contributed by atoms with Gasteiger partial charge in [-0.25, -0.2) is 0 Å². The maximum Gasteiger partial charge on any atom is 0.233 e. The van der Waals surface area contributed by atoms with Gasteiger partial charge in [-0.2, -0.15) is 4.68 Å². The van der Waals surface area contributed by atoms with Crippen LogP contribution in [0, 0.1) is 13.8 Å². The molecule has 1 atom stereocenters. The molecule has 0 aliphatic heterocycles. The van der Waals surface area contributed by atoms with Gasteiger partial charge < -0.3 is 5.32 Å². The van der Waals surface area contributed by atoms with Gasteiger partial charge in [-0.3, -0.25) is 4.79 Å². The number of nitrogens with one attached hydrogen (secondary N) is 1. The third-order valence-electron chi connectivity index (χ3n) is 4.21. The lowest BCUT2D eigenvalue weighted by Gasteiger charge is -2.13. The number of aryl methyl sites for hydroxylation is 1. The summed E-state index contributed by atoms with van der Waals surface area (Å²) < 4.78 is 1.69. The second-order valence-electron chi connectivity index (χ2n) is 6.06. The molecule has 3 rings (SSSR count). The molecule has 7 heteroatoms. The molecule has 0 unspecified atom stereocenters. The van der Waals surface area contributed by atoms with Crippen molar-refractivity contribution < 1.29 is 4.79 Å². The van der Waals surface area contributed by atoms with Crippen LogP contribution in [0.5, 0.6) is 0 Å². The van der Waals surface area contributed by atoms with E-state index in [4.69, 9.17) is 0 Å². The molecule has 1 heterocycles. The summed E-state index contributed by atoms with van der Waals surface area (Å²) in [7, 11) is 0. The first-order valence-electron chi connectivity index (χ1n) is 8.39. The molecule has 0 fully saturated rings. The molecule has 6 nitrogen and oxygen atoms in total. The minimum atomic E-state index is -0.312. The molecule has 26 heavy (non-hydrogen) atoms. The molecule has 0 radical (unpaired) electrons. The quantitative estimate of drug-likeness (QED) is 0.678. The van der Waals surface area contributed by atoms with Crippen LogP contribution >= 0.6 is 11.8 Å². The maximum absolute atomic E-state index is 12.4. The summed E-state index contributed by atoms with van der Waals surface area (Å²) in [5.41, 5.74) is 4.28. The van der Waals surface area contributed by atoms with Gasteiger partial charge in [-0.05, 0) is 54.0 Å². The zero-order chi connectivity index (χ0) is 18.5. The SMILES string of the molecule is Cc1cccc(-n2nnnc2S[C@H](C)C(=O)NCc2ccccc2)c1C. The van der Waals surface area contributed by atoms with E-state index < -0.39 is 0 Å². The van der Waals surface area contributed by atoms with Crippen LogP contribution in [0.15, 0.2) is 53.7 Å². The summed E-state index contributed by atoms with van der Waals surface area (Å²) in [4.78, 5) is 12.4. The summed E-state index contributed by atoms with van der Waals surface area (Å²) in [5, 5.41) is 15.2. The molecule has 3 aromatic rings. The summed E-state index contributed by atoms with van der Waals surface area (Å²) in [6, 6.07) is 15.8. The first kappa shape index (κ1) is 18.1. The van der Waals surface area contributed by atoms with Gasteiger partial charge in [0.05, 0.1) is 10.9 Å². The number of hydrogen-bond donors (Lipinski definition) is 1. The lowest BCUT2D eigenvalue weighted by molar-refractivity contribution is -0.120. The van der Waals surface area contributed by atoms with Crippen LogP contribution in [0.2, 0.25) is 0 Å². The van der Waals surface area contributed by atoms with Crippen LogP contribution in [0.3, 0.4) is 0 Å². The van der Waals surface area contributed by atoms with Crippen molar-refractivity contribution in [2.75, 3.05) is 0 Å². The smallest absolute Gasteiger partial charge is 0.233 e. The fraction of sp³-hybridized carbons (Fsp3) is 0.263. The molecular formula is C19H21N5OS. The highest BCUT2D eigenvalue weighted by atomic mass is 32.2. The molecule has 1 N–H and O–H groups in total. The average molecular weight is 367 g/mol. The Morgan fingerprint density at radius 3 is 2.69 bits per heavy atom. The normalized spacial score (nSPS) is 12.0. The summed E-state index contributed by atoms with van der Waals surface area (Å²) in [6.07, 6.45) is 0. The number of aromatic nitrogens is 4. The van der Waals surface area contributed by atoms with E-state index in [1.54, 1.807) is 4.68 Å². The fourth-order valence-electron chi connectivity index (χ4n) is 2.51. The van der Waals surface area contributed by atoms with Crippen molar-refractivity contribution in [1.82, 2.24) is 25.5 Å². The van der Waals surface area contributed by atoms with Crippen molar-refractivity contribution in [2.24, 2.45) is 0 Å². The van der Waals surface area contributed by atoms with Crippen LogP contribution in [-0.2, 0) is 11.3 Å². The van der Waals surface area contributed by atoms with Gasteiger partial charge in [0.2, 0.25) is 11.1 Å². The number of rotatable bonds is 6. The minimum Gasteiger partial charge on any atom is -0.351 e. The Morgan fingerprint density at radius 1 is 1.15 bits per heavy atom. The Morgan fingerprint density at radius 2 is 1.92 bits per heavy atom. The van der Waals surface area contributed by atoms with Crippen molar-refractivity contribution >= 4 is 17.7 Å². The van der Waals surface area contributed by atoms with Crippen LogP contribution in [-0.4, -0.2) is 31.4 Å². The highest BCUT2D eigenvalue weighted by Crippen LogP contribution is 2.25.